The lowest BCUT2D eigenvalue weighted by molar-refractivity contribution is 0.401. The van der Waals surface area contributed by atoms with Crippen molar-refractivity contribution in [2.75, 3.05) is 19.0 Å². The van der Waals surface area contributed by atoms with Gasteiger partial charge in [0.1, 0.15) is 10.9 Å². The van der Waals surface area contributed by atoms with Gasteiger partial charge in [0, 0.05) is 40.0 Å². The van der Waals surface area contributed by atoms with E-state index >= 15 is 0 Å². The average molecular weight is 309 g/mol. The summed E-state index contributed by atoms with van der Waals surface area (Å²) in [4.78, 5) is 4.20. The summed E-state index contributed by atoms with van der Waals surface area (Å²) in [5, 5.41) is 4.55. The molecule has 2 heterocycles. The summed E-state index contributed by atoms with van der Waals surface area (Å²) >= 11 is 12.1. The fourth-order valence-corrected chi connectivity index (χ4v) is 3.06. The highest BCUT2D eigenvalue weighted by Gasteiger charge is 2.38. The molecule has 0 spiro atoms. The lowest BCUT2D eigenvalue weighted by atomic mass is 9.78. The van der Waals surface area contributed by atoms with Gasteiger partial charge >= 0.3 is 0 Å². The molecule has 0 fully saturated rings. The minimum absolute atomic E-state index is 0.247. The molecule has 5 heteroatoms. The van der Waals surface area contributed by atoms with Crippen molar-refractivity contribution in [2.24, 2.45) is 0 Å². The molecule has 0 amide bonds. The number of aromatic nitrogens is 1. The second-order valence-corrected chi connectivity index (χ2v) is 5.91. The molecule has 1 atom stereocenters. The van der Waals surface area contributed by atoms with Crippen LogP contribution in [0.3, 0.4) is 0 Å². The predicted molar refractivity (Wildman–Crippen MR) is 82.2 cm³/mol. The molecule has 3 rings (SSSR count). The SMILES string of the molecule is COc1ccc(Cl)cc1C1(C)CNc2cc(Cl)ncc21. The smallest absolute Gasteiger partial charge is 0.131 e. The van der Waals surface area contributed by atoms with Crippen molar-refractivity contribution >= 4 is 28.9 Å². The van der Waals surface area contributed by atoms with Gasteiger partial charge in [0.15, 0.2) is 0 Å². The summed E-state index contributed by atoms with van der Waals surface area (Å²) < 4.78 is 5.48. The van der Waals surface area contributed by atoms with Crippen LogP contribution < -0.4 is 10.1 Å². The van der Waals surface area contributed by atoms with Crippen molar-refractivity contribution in [3.05, 3.63) is 51.8 Å². The molecule has 0 aliphatic carbocycles. The van der Waals surface area contributed by atoms with Gasteiger partial charge in [0.05, 0.1) is 7.11 Å². The Hall–Kier alpha value is -1.45. The van der Waals surface area contributed by atoms with Gasteiger partial charge in [-0.05, 0) is 31.2 Å². The molecule has 0 saturated carbocycles. The van der Waals surface area contributed by atoms with Crippen molar-refractivity contribution in [2.45, 2.75) is 12.3 Å². The van der Waals surface area contributed by atoms with Crippen LogP contribution in [0.25, 0.3) is 0 Å². The first-order chi connectivity index (χ1) is 9.54. The summed E-state index contributed by atoms with van der Waals surface area (Å²) in [6.07, 6.45) is 1.82. The summed E-state index contributed by atoms with van der Waals surface area (Å²) in [6, 6.07) is 7.52. The molecule has 20 heavy (non-hydrogen) atoms. The van der Waals surface area contributed by atoms with Crippen LogP contribution >= 0.6 is 23.2 Å². The maximum absolute atomic E-state index is 6.15. The molecule has 2 aromatic rings. The molecular formula is C15H14Cl2N2O. The van der Waals surface area contributed by atoms with Gasteiger partial charge in [-0.25, -0.2) is 4.98 Å². The van der Waals surface area contributed by atoms with Crippen molar-refractivity contribution in [1.82, 2.24) is 4.98 Å². The normalized spacial score (nSPS) is 20.4. The van der Waals surface area contributed by atoms with Crippen LogP contribution in [-0.2, 0) is 5.41 Å². The van der Waals surface area contributed by atoms with Crippen molar-refractivity contribution in [3.63, 3.8) is 0 Å². The standard InChI is InChI=1S/C15H14Cl2N2O/c1-15(10-5-9(16)3-4-13(10)20-2)8-19-12-6-14(17)18-7-11(12)15/h3-7,19H,8H2,1-2H3. The largest absolute Gasteiger partial charge is 0.496 e. The van der Waals surface area contributed by atoms with Crippen LogP contribution in [0.5, 0.6) is 5.75 Å². The van der Waals surface area contributed by atoms with Gasteiger partial charge in [-0.15, -0.1) is 0 Å². The van der Waals surface area contributed by atoms with Gasteiger partial charge in [0.25, 0.3) is 0 Å². The number of hydrogen-bond acceptors (Lipinski definition) is 3. The molecule has 1 unspecified atom stereocenters. The van der Waals surface area contributed by atoms with E-state index in [-0.39, 0.29) is 5.41 Å². The zero-order valence-corrected chi connectivity index (χ0v) is 12.7. The highest BCUT2D eigenvalue weighted by atomic mass is 35.5. The minimum Gasteiger partial charge on any atom is -0.496 e. The third-order valence-electron chi connectivity index (χ3n) is 3.85. The van der Waals surface area contributed by atoms with Crippen LogP contribution in [0.15, 0.2) is 30.5 Å². The fourth-order valence-electron chi connectivity index (χ4n) is 2.73. The zero-order chi connectivity index (χ0) is 14.3. The molecule has 1 aromatic heterocycles. The van der Waals surface area contributed by atoms with E-state index < -0.39 is 0 Å². The van der Waals surface area contributed by atoms with Crippen LogP contribution in [0.2, 0.25) is 10.2 Å². The van der Waals surface area contributed by atoms with E-state index in [1.807, 2.05) is 30.5 Å². The zero-order valence-electron chi connectivity index (χ0n) is 11.2. The number of pyridine rings is 1. The number of nitrogens with zero attached hydrogens (tertiary/aromatic N) is 1. The highest BCUT2D eigenvalue weighted by molar-refractivity contribution is 6.30. The van der Waals surface area contributed by atoms with Crippen LogP contribution in [0.1, 0.15) is 18.1 Å². The number of fused-ring (bicyclic) bond motifs is 1. The first kappa shape index (κ1) is 13.5. The maximum Gasteiger partial charge on any atom is 0.131 e. The van der Waals surface area contributed by atoms with E-state index in [0.29, 0.717) is 10.2 Å². The fraction of sp³-hybridized carbons (Fsp3) is 0.267. The Morgan fingerprint density at radius 2 is 2.05 bits per heavy atom. The molecule has 1 aliphatic rings. The Labute approximate surface area is 127 Å². The molecule has 104 valence electrons. The molecule has 0 radical (unpaired) electrons. The topological polar surface area (TPSA) is 34.1 Å². The summed E-state index contributed by atoms with van der Waals surface area (Å²) in [5.74, 6) is 0.821. The lowest BCUT2D eigenvalue weighted by Crippen LogP contribution is -2.26. The molecule has 1 aliphatic heterocycles. The summed E-state index contributed by atoms with van der Waals surface area (Å²) in [5.41, 5.74) is 2.91. The molecule has 0 bridgehead atoms. The van der Waals surface area contributed by atoms with E-state index in [2.05, 4.69) is 17.2 Å². The van der Waals surface area contributed by atoms with E-state index in [9.17, 15) is 0 Å². The molecule has 1 N–H and O–H groups in total. The van der Waals surface area contributed by atoms with Crippen LogP contribution in [-0.4, -0.2) is 18.6 Å². The number of rotatable bonds is 2. The second-order valence-electron chi connectivity index (χ2n) is 5.08. The Morgan fingerprint density at radius 3 is 2.80 bits per heavy atom. The number of methoxy groups -OCH3 is 1. The Kier molecular flexibility index (Phi) is 3.27. The third-order valence-corrected chi connectivity index (χ3v) is 4.30. The quantitative estimate of drug-likeness (QED) is 0.847. The first-order valence-electron chi connectivity index (χ1n) is 6.28. The number of hydrogen-bond donors (Lipinski definition) is 1. The van der Waals surface area contributed by atoms with E-state index in [0.717, 1.165) is 29.1 Å². The molecular weight excluding hydrogens is 295 g/mol. The van der Waals surface area contributed by atoms with Gasteiger partial charge in [0.2, 0.25) is 0 Å². The minimum atomic E-state index is -0.247. The van der Waals surface area contributed by atoms with Crippen molar-refractivity contribution < 1.29 is 4.74 Å². The number of nitrogens with one attached hydrogen (secondary N) is 1. The monoisotopic (exact) mass is 308 g/mol. The van der Waals surface area contributed by atoms with Crippen molar-refractivity contribution in [1.29, 1.82) is 0 Å². The van der Waals surface area contributed by atoms with Gasteiger partial charge in [-0.1, -0.05) is 23.2 Å². The van der Waals surface area contributed by atoms with Crippen molar-refractivity contribution in [3.8, 4) is 5.75 Å². The Morgan fingerprint density at radius 1 is 1.25 bits per heavy atom. The van der Waals surface area contributed by atoms with Crippen LogP contribution in [0.4, 0.5) is 5.69 Å². The molecule has 1 aromatic carbocycles. The van der Waals surface area contributed by atoms with Crippen LogP contribution in [0, 0.1) is 0 Å². The van der Waals surface area contributed by atoms with Gasteiger partial charge in [-0.2, -0.15) is 0 Å². The van der Waals surface area contributed by atoms with E-state index in [1.54, 1.807) is 7.11 Å². The number of ether oxygens (including phenoxy) is 1. The Bertz CT molecular complexity index is 675. The van der Waals surface area contributed by atoms with Gasteiger partial charge in [-0.3, -0.25) is 0 Å². The summed E-state index contributed by atoms with van der Waals surface area (Å²) in [6.45, 7) is 2.90. The second kappa shape index (κ2) is 4.83. The number of halogens is 2. The summed E-state index contributed by atoms with van der Waals surface area (Å²) in [7, 11) is 1.67. The van der Waals surface area contributed by atoms with E-state index in [4.69, 9.17) is 27.9 Å². The molecule has 0 saturated heterocycles. The number of benzene rings is 1. The predicted octanol–water partition coefficient (Wildman–Crippen LogP) is 4.13. The lowest BCUT2D eigenvalue weighted by Gasteiger charge is -2.26. The Balaban J connectivity index is 2.19. The maximum atomic E-state index is 6.15. The average Bonchev–Trinajstić information content (AvgIpc) is 2.77. The van der Waals surface area contributed by atoms with E-state index in [1.165, 1.54) is 0 Å². The van der Waals surface area contributed by atoms with Gasteiger partial charge < -0.3 is 10.1 Å². The first-order valence-corrected chi connectivity index (χ1v) is 7.04. The highest BCUT2D eigenvalue weighted by Crippen LogP contribution is 2.45. The third kappa shape index (κ3) is 2.02. The molecule has 3 nitrogen and oxygen atoms in total. The number of anilines is 1.